The number of fused-ring (bicyclic) bond motifs is 1. The molecule has 40 valence electrons. The summed E-state index contributed by atoms with van der Waals surface area (Å²) in [7, 11) is 0. The fourth-order valence-electron chi connectivity index (χ4n) is 1.14. The van der Waals surface area contributed by atoms with Crippen molar-refractivity contribution in [3.05, 3.63) is 24.3 Å². The van der Waals surface area contributed by atoms with E-state index >= 15 is 0 Å². The maximum Gasteiger partial charge on any atom is 0.163 e. The summed E-state index contributed by atoms with van der Waals surface area (Å²) >= 11 is 0. The second-order valence-electron chi connectivity index (χ2n) is 2.25. The predicted molar refractivity (Wildman–Crippen MR) is 30.3 cm³/mol. The molecule has 0 amide bonds. The number of ketones is 1. The van der Waals surface area contributed by atoms with Crippen LogP contribution in [0.15, 0.2) is 24.3 Å². The van der Waals surface area contributed by atoms with E-state index in [1.54, 1.807) is 6.08 Å². The van der Waals surface area contributed by atoms with Gasteiger partial charge in [-0.15, -0.1) is 0 Å². The molecular weight excluding hydrogens is 100 g/mol. The summed E-state index contributed by atoms with van der Waals surface area (Å²) in [4.78, 5) is 10.7. The first kappa shape index (κ1) is 4.07. The molecule has 0 bridgehead atoms. The van der Waals surface area contributed by atoms with E-state index < -0.39 is 0 Å². The van der Waals surface area contributed by atoms with Crippen LogP contribution in [0.5, 0.6) is 0 Å². The average molecular weight is 106 g/mol. The fourth-order valence-corrected chi connectivity index (χ4v) is 1.14. The highest BCUT2D eigenvalue weighted by Gasteiger charge is 2.31. The highest BCUT2D eigenvalue weighted by Crippen LogP contribution is 2.32. The Bertz CT molecular complexity index is 189. The Morgan fingerprint density at radius 3 is 2.38 bits per heavy atom. The number of carbonyl (C=O) groups excluding carboxylic acids is 1. The monoisotopic (exact) mass is 106 g/mol. The third-order valence-corrected chi connectivity index (χ3v) is 1.77. The first-order valence-electron chi connectivity index (χ1n) is 2.78. The number of hydrogen-bond acceptors (Lipinski definition) is 1. The van der Waals surface area contributed by atoms with E-state index in [-0.39, 0.29) is 11.7 Å². The quantitative estimate of drug-likeness (QED) is 0.420. The van der Waals surface area contributed by atoms with E-state index in [0.717, 1.165) is 0 Å². The molecule has 0 N–H and O–H groups in total. The van der Waals surface area contributed by atoms with Crippen LogP contribution < -0.4 is 0 Å². The van der Waals surface area contributed by atoms with Gasteiger partial charge in [0.15, 0.2) is 5.78 Å². The lowest BCUT2D eigenvalue weighted by Crippen LogP contribution is -2.18. The summed E-state index contributed by atoms with van der Waals surface area (Å²) in [5.74, 6) is 0.968. The van der Waals surface area contributed by atoms with Gasteiger partial charge < -0.3 is 0 Å². The normalized spacial score (nSPS) is 39.8. The first-order chi connectivity index (χ1) is 3.88. The van der Waals surface area contributed by atoms with Crippen LogP contribution in [0.1, 0.15) is 0 Å². The fraction of sp³-hybridized carbons (Fsp3) is 0.286. The van der Waals surface area contributed by atoms with Crippen molar-refractivity contribution >= 4 is 5.78 Å². The van der Waals surface area contributed by atoms with Crippen molar-refractivity contribution < 1.29 is 4.79 Å². The standard InChI is InChI=1S/C7H6O/c8-7-4-2-5-1-3-6(5)7/h1-6H. The van der Waals surface area contributed by atoms with Crippen molar-refractivity contribution in [1.29, 1.82) is 0 Å². The number of hydrogen-bond donors (Lipinski definition) is 0. The Balaban J connectivity index is 2.38. The maximum atomic E-state index is 10.7. The summed E-state index contributed by atoms with van der Waals surface area (Å²) in [5.41, 5.74) is 0. The summed E-state index contributed by atoms with van der Waals surface area (Å²) in [6.07, 6.45) is 7.67. The summed E-state index contributed by atoms with van der Waals surface area (Å²) < 4.78 is 0. The molecule has 1 heteroatoms. The van der Waals surface area contributed by atoms with Crippen LogP contribution >= 0.6 is 0 Å². The van der Waals surface area contributed by atoms with Gasteiger partial charge in [0.05, 0.1) is 0 Å². The highest BCUT2D eigenvalue weighted by atomic mass is 16.1. The Labute approximate surface area is 47.7 Å². The van der Waals surface area contributed by atoms with Gasteiger partial charge >= 0.3 is 0 Å². The van der Waals surface area contributed by atoms with Gasteiger partial charge in [0.1, 0.15) is 0 Å². The number of rotatable bonds is 0. The van der Waals surface area contributed by atoms with E-state index in [1.807, 2.05) is 12.2 Å². The molecule has 0 aliphatic heterocycles. The SMILES string of the molecule is O=C1C=CC2C=CC12. The molecule has 2 unspecified atom stereocenters. The minimum atomic E-state index is 0.231. The molecule has 2 aliphatic carbocycles. The maximum absolute atomic E-state index is 10.7. The molecule has 2 atom stereocenters. The second-order valence-corrected chi connectivity index (χ2v) is 2.25. The lowest BCUT2D eigenvalue weighted by molar-refractivity contribution is -0.117. The van der Waals surface area contributed by atoms with Crippen molar-refractivity contribution in [3.63, 3.8) is 0 Å². The van der Waals surface area contributed by atoms with E-state index in [9.17, 15) is 4.79 Å². The molecule has 0 spiro atoms. The van der Waals surface area contributed by atoms with Gasteiger partial charge in [0.25, 0.3) is 0 Å². The van der Waals surface area contributed by atoms with Crippen LogP contribution in [0.4, 0.5) is 0 Å². The molecule has 0 heterocycles. The van der Waals surface area contributed by atoms with E-state index in [0.29, 0.717) is 5.92 Å². The molecule has 2 aliphatic rings. The highest BCUT2D eigenvalue weighted by molar-refractivity contribution is 5.97. The van der Waals surface area contributed by atoms with Gasteiger partial charge in [-0.3, -0.25) is 4.79 Å². The summed E-state index contributed by atoms with van der Waals surface area (Å²) in [6.45, 7) is 0. The van der Waals surface area contributed by atoms with Crippen LogP contribution in [0.2, 0.25) is 0 Å². The predicted octanol–water partition coefficient (Wildman–Crippen LogP) is 0.927. The zero-order valence-corrected chi connectivity index (χ0v) is 4.37. The third-order valence-electron chi connectivity index (χ3n) is 1.77. The topological polar surface area (TPSA) is 17.1 Å². The Morgan fingerprint density at radius 2 is 2.12 bits per heavy atom. The number of allylic oxidation sites excluding steroid dienone is 4. The molecule has 8 heavy (non-hydrogen) atoms. The molecule has 0 aromatic carbocycles. The molecule has 2 rings (SSSR count). The van der Waals surface area contributed by atoms with Gasteiger partial charge in [-0.25, -0.2) is 0 Å². The van der Waals surface area contributed by atoms with Crippen LogP contribution in [0, 0.1) is 11.8 Å². The summed E-state index contributed by atoms with van der Waals surface area (Å²) in [5, 5.41) is 0. The third kappa shape index (κ3) is 0.302. The number of carbonyl (C=O) groups is 1. The molecular formula is C7H6O. The zero-order valence-electron chi connectivity index (χ0n) is 4.37. The van der Waals surface area contributed by atoms with Gasteiger partial charge in [-0.2, -0.15) is 0 Å². The van der Waals surface area contributed by atoms with Gasteiger partial charge in [0, 0.05) is 11.8 Å². The molecule has 0 radical (unpaired) electrons. The van der Waals surface area contributed by atoms with Crippen molar-refractivity contribution in [2.75, 3.05) is 0 Å². The van der Waals surface area contributed by atoms with Crippen molar-refractivity contribution in [2.24, 2.45) is 11.8 Å². The van der Waals surface area contributed by atoms with Gasteiger partial charge in [-0.05, 0) is 6.08 Å². The zero-order chi connectivity index (χ0) is 5.56. The van der Waals surface area contributed by atoms with Crippen LogP contribution in [0.25, 0.3) is 0 Å². The first-order valence-corrected chi connectivity index (χ1v) is 2.78. The molecule has 0 aromatic rings. The molecule has 0 fully saturated rings. The van der Waals surface area contributed by atoms with E-state index in [2.05, 4.69) is 6.08 Å². The summed E-state index contributed by atoms with van der Waals surface area (Å²) in [6, 6.07) is 0. The lowest BCUT2D eigenvalue weighted by atomic mass is 9.85. The smallest absolute Gasteiger partial charge is 0.163 e. The van der Waals surface area contributed by atoms with Crippen molar-refractivity contribution in [3.8, 4) is 0 Å². The molecule has 0 aromatic heterocycles. The Kier molecular flexibility index (Phi) is 0.562. The second kappa shape index (κ2) is 1.10. The largest absolute Gasteiger partial charge is 0.294 e. The molecule has 0 saturated carbocycles. The Hall–Kier alpha value is -0.850. The van der Waals surface area contributed by atoms with E-state index in [4.69, 9.17) is 0 Å². The molecule has 0 saturated heterocycles. The van der Waals surface area contributed by atoms with Crippen molar-refractivity contribution in [2.45, 2.75) is 0 Å². The van der Waals surface area contributed by atoms with Gasteiger partial charge in [-0.1, -0.05) is 18.2 Å². The van der Waals surface area contributed by atoms with Crippen LogP contribution in [-0.2, 0) is 4.79 Å². The average Bonchev–Trinajstić information content (AvgIpc) is 1.80. The van der Waals surface area contributed by atoms with Gasteiger partial charge in [0.2, 0.25) is 0 Å². The van der Waals surface area contributed by atoms with Crippen LogP contribution in [-0.4, -0.2) is 5.78 Å². The Morgan fingerprint density at radius 1 is 1.25 bits per heavy atom. The van der Waals surface area contributed by atoms with Crippen molar-refractivity contribution in [1.82, 2.24) is 0 Å². The minimum Gasteiger partial charge on any atom is -0.294 e. The molecule has 1 nitrogen and oxygen atoms in total. The minimum absolute atomic E-state index is 0.231. The lowest BCUT2D eigenvalue weighted by Gasteiger charge is -2.18. The van der Waals surface area contributed by atoms with E-state index in [1.165, 1.54) is 0 Å². The van der Waals surface area contributed by atoms with Crippen LogP contribution in [0.3, 0.4) is 0 Å².